The number of aromatic nitrogens is 4. The first-order valence-corrected chi connectivity index (χ1v) is 6.20. The van der Waals surface area contributed by atoms with Crippen LogP contribution in [0, 0.1) is 6.92 Å². The summed E-state index contributed by atoms with van der Waals surface area (Å²) in [6.45, 7) is 1.78. The third-order valence-electron chi connectivity index (χ3n) is 2.88. The maximum absolute atomic E-state index is 12.2. The first-order valence-electron chi connectivity index (χ1n) is 6.20. The Morgan fingerprint density at radius 3 is 2.81 bits per heavy atom. The van der Waals surface area contributed by atoms with Crippen LogP contribution in [0.15, 0.2) is 33.6 Å². The lowest BCUT2D eigenvalue weighted by atomic mass is 10.1. The third kappa shape index (κ3) is 2.50. The molecule has 2 heterocycles. The lowest BCUT2D eigenvalue weighted by molar-refractivity contribution is 0.0942. The molecule has 106 valence electrons. The lowest BCUT2D eigenvalue weighted by Crippen LogP contribution is -2.26. The third-order valence-corrected chi connectivity index (χ3v) is 2.88. The van der Waals surface area contributed by atoms with Crippen molar-refractivity contribution in [3.63, 3.8) is 0 Å². The fourth-order valence-corrected chi connectivity index (χ4v) is 1.94. The summed E-state index contributed by atoms with van der Waals surface area (Å²) in [6, 6.07) is 6.76. The van der Waals surface area contributed by atoms with Gasteiger partial charge in [0.2, 0.25) is 5.89 Å². The molecule has 2 aromatic heterocycles. The van der Waals surface area contributed by atoms with E-state index in [9.17, 15) is 9.59 Å². The number of benzene rings is 1. The molecule has 21 heavy (non-hydrogen) atoms. The molecule has 0 bridgehead atoms. The second-order valence-electron chi connectivity index (χ2n) is 4.36. The van der Waals surface area contributed by atoms with E-state index in [-0.39, 0.29) is 17.8 Å². The van der Waals surface area contributed by atoms with E-state index < -0.39 is 5.91 Å². The molecule has 3 rings (SSSR count). The monoisotopic (exact) mass is 285 g/mol. The van der Waals surface area contributed by atoms with Crippen LogP contribution >= 0.6 is 0 Å². The molecule has 2 N–H and O–H groups in total. The van der Waals surface area contributed by atoms with Crippen molar-refractivity contribution in [2.45, 2.75) is 13.5 Å². The molecular formula is C13H11N5O3. The fraction of sp³-hybridized carbons (Fsp3) is 0.154. The van der Waals surface area contributed by atoms with Gasteiger partial charge in [-0.3, -0.25) is 9.59 Å². The van der Waals surface area contributed by atoms with Gasteiger partial charge >= 0.3 is 0 Å². The topological polar surface area (TPSA) is 114 Å². The van der Waals surface area contributed by atoms with Gasteiger partial charge in [0.25, 0.3) is 11.5 Å². The van der Waals surface area contributed by atoms with Crippen LogP contribution in [0.5, 0.6) is 0 Å². The van der Waals surface area contributed by atoms with Crippen LogP contribution in [0.25, 0.3) is 10.8 Å². The average molecular weight is 285 g/mol. The van der Waals surface area contributed by atoms with Crippen LogP contribution in [-0.4, -0.2) is 26.2 Å². The number of hydrogen-bond acceptors (Lipinski definition) is 6. The predicted molar refractivity (Wildman–Crippen MR) is 72.6 cm³/mol. The second kappa shape index (κ2) is 5.16. The molecule has 0 aliphatic carbocycles. The molecule has 0 saturated heterocycles. The van der Waals surface area contributed by atoms with Gasteiger partial charge in [-0.05, 0) is 13.0 Å². The van der Waals surface area contributed by atoms with Crippen molar-refractivity contribution in [2.24, 2.45) is 0 Å². The van der Waals surface area contributed by atoms with Gasteiger partial charge in [0.05, 0.1) is 11.9 Å². The number of nitrogens with zero attached hydrogens (tertiary/aromatic N) is 3. The summed E-state index contributed by atoms with van der Waals surface area (Å²) < 4.78 is 4.90. The highest BCUT2D eigenvalue weighted by Crippen LogP contribution is 2.12. The summed E-state index contributed by atoms with van der Waals surface area (Å²) >= 11 is 0. The summed E-state index contributed by atoms with van der Waals surface area (Å²) in [5.74, 6) is 0.361. The highest BCUT2D eigenvalue weighted by atomic mass is 16.5. The van der Waals surface area contributed by atoms with E-state index in [0.29, 0.717) is 22.5 Å². The minimum Gasteiger partial charge on any atom is -0.342 e. The van der Waals surface area contributed by atoms with E-state index in [1.54, 1.807) is 31.2 Å². The molecule has 0 spiro atoms. The van der Waals surface area contributed by atoms with Gasteiger partial charge in [-0.15, -0.1) is 0 Å². The van der Waals surface area contributed by atoms with Crippen molar-refractivity contribution >= 4 is 16.7 Å². The number of amides is 1. The zero-order chi connectivity index (χ0) is 14.8. The van der Waals surface area contributed by atoms with Crippen molar-refractivity contribution in [3.05, 3.63) is 52.0 Å². The molecule has 1 aromatic carbocycles. The molecule has 0 unspecified atom stereocenters. The van der Waals surface area contributed by atoms with E-state index in [4.69, 9.17) is 4.52 Å². The number of nitrogens with one attached hydrogen (secondary N) is 2. The predicted octanol–water partition coefficient (Wildman–Crippen LogP) is 0.545. The quantitative estimate of drug-likeness (QED) is 0.726. The minimum atomic E-state index is -0.432. The van der Waals surface area contributed by atoms with Crippen LogP contribution in [0.3, 0.4) is 0 Å². The fourth-order valence-electron chi connectivity index (χ4n) is 1.94. The van der Waals surface area contributed by atoms with E-state index in [1.807, 2.05) is 0 Å². The van der Waals surface area contributed by atoms with Crippen molar-refractivity contribution in [3.8, 4) is 0 Å². The Kier molecular flexibility index (Phi) is 3.19. The highest BCUT2D eigenvalue weighted by Gasteiger charge is 2.14. The summed E-state index contributed by atoms with van der Waals surface area (Å²) in [4.78, 5) is 27.8. The number of H-pyrrole nitrogens is 1. The summed E-state index contributed by atoms with van der Waals surface area (Å²) in [5.41, 5.74) is -0.198. The van der Waals surface area contributed by atoms with Gasteiger partial charge < -0.3 is 9.84 Å². The summed E-state index contributed by atoms with van der Waals surface area (Å²) in [5, 5.41) is 13.3. The molecule has 3 aromatic rings. The van der Waals surface area contributed by atoms with E-state index in [2.05, 4.69) is 25.7 Å². The van der Waals surface area contributed by atoms with E-state index in [0.717, 1.165) is 0 Å². The van der Waals surface area contributed by atoms with Gasteiger partial charge in [0.15, 0.2) is 11.5 Å². The summed E-state index contributed by atoms with van der Waals surface area (Å²) in [7, 11) is 0. The SMILES string of the molecule is Cc1noc(CNC(=O)c2n[nH]c(=O)c3ccccc23)n1. The second-order valence-corrected chi connectivity index (χ2v) is 4.36. The number of rotatable bonds is 3. The summed E-state index contributed by atoms with van der Waals surface area (Å²) in [6.07, 6.45) is 0. The van der Waals surface area contributed by atoms with Crippen LogP contribution < -0.4 is 10.9 Å². The number of aromatic amines is 1. The number of carbonyl (C=O) groups is 1. The standard InChI is InChI=1S/C13H11N5O3/c1-7-15-10(21-18-7)6-14-13(20)11-8-4-2-3-5-9(8)12(19)17-16-11/h2-5H,6H2,1H3,(H,14,20)(H,17,19). The Morgan fingerprint density at radius 2 is 2.10 bits per heavy atom. The first kappa shape index (κ1) is 13.0. The number of fused-ring (bicyclic) bond motifs is 1. The molecule has 1 amide bonds. The van der Waals surface area contributed by atoms with Crippen LogP contribution in [0.1, 0.15) is 22.2 Å². The van der Waals surface area contributed by atoms with Gasteiger partial charge in [0, 0.05) is 5.39 Å². The van der Waals surface area contributed by atoms with Crippen LogP contribution in [0.4, 0.5) is 0 Å². The maximum atomic E-state index is 12.2. The molecule has 0 aliphatic rings. The molecule has 0 aliphatic heterocycles. The van der Waals surface area contributed by atoms with Gasteiger partial charge in [-0.25, -0.2) is 5.10 Å². The molecular weight excluding hydrogens is 274 g/mol. The van der Waals surface area contributed by atoms with Crippen molar-refractivity contribution in [2.75, 3.05) is 0 Å². The lowest BCUT2D eigenvalue weighted by Gasteiger charge is -2.04. The Bertz CT molecular complexity index is 867. The van der Waals surface area contributed by atoms with E-state index in [1.165, 1.54) is 0 Å². The Hall–Kier alpha value is -3.03. The number of hydrogen-bond donors (Lipinski definition) is 2. The van der Waals surface area contributed by atoms with Crippen molar-refractivity contribution < 1.29 is 9.32 Å². The Morgan fingerprint density at radius 1 is 1.33 bits per heavy atom. The molecule has 8 heteroatoms. The zero-order valence-electron chi connectivity index (χ0n) is 11.1. The average Bonchev–Trinajstić information content (AvgIpc) is 2.91. The highest BCUT2D eigenvalue weighted by molar-refractivity contribution is 6.04. The zero-order valence-corrected chi connectivity index (χ0v) is 11.1. The van der Waals surface area contributed by atoms with E-state index >= 15 is 0 Å². The molecule has 0 saturated carbocycles. The van der Waals surface area contributed by atoms with Crippen LogP contribution in [-0.2, 0) is 6.54 Å². The molecule has 8 nitrogen and oxygen atoms in total. The van der Waals surface area contributed by atoms with Gasteiger partial charge in [0.1, 0.15) is 0 Å². The smallest absolute Gasteiger partial charge is 0.272 e. The number of aryl methyl sites for hydroxylation is 1. The minimum absolute atomic E-state index is 0.0921. The Labute approximate surface area is 118 Å². The van der Waals surface area contributed by atoms with Gasteiger partial charge in [-0.2, -0.15) is 10.1 Å². The normalized spacial score (nSPS) is 10.7. The first-order chi connectivity index (χ1) is 10.1. The number of carbonyl (C=O) groups excluding carboxylic acids is 1. The Balaban J connectivity index is 1.88. The van der Waals surface area contributed by atoms with Crippen molar-refractivity contribution in [1.82, 2.24) is 25.7 Å². The van der Waals surface area contributed by atoms with Crippen molar-refractivity contribution in [1.29, 1.82) is 0 Å². The molecule has 0 atom stereocenters. The van der Waals surface area contributed by atoms with Crippen LogP contribution in [0.2, 0.25) is 0 Å². The molecule has 0 radical (unpaired) electrons. The maximum Gasteiger partial charge on any atom is 0.272 e. The van der Waals surface area contributed by atoms with Gasteiger partial charge in [-0.1, -0.05) is 23.4 Å². The largest absolute Gasteiger partial charge is 0.342 e. The molecule has 0 fully saturated rings.